The lowest BCUT2D eigenvalue weighted by atomic mass is 9.95. The zero-order chi connectivity index (χ0) is 10.5. The Balaban J connectivity index is 1.79. The molecule has 15 heavy (non-hydrogen) atoms. The Morgan fingerprint density at radius 1 is 1.07 bits per heavy atom. The largest absolute Gasteiger partial charge is 0.310 e. The molecular weight excluding hydrogens is 297 g/mol. The van der Waals surface area contributed by atoms with Crippen molar-refractivity contribution >= 4 is 22.6 Å². The molecule has 0 bridgehead atoms. The van der Waals surface area contributed by atoms with Crippen molar-refractivity contribution < 1.29 is 0 Å². The summed E-state index contributed by atoms with van der Waals surface area (Å²) in [4.78, 5) is 0. The summed E-state index contributed by atoms with van der Waals surface area (Å²) in [5, 5.41) is 3.65. The van der Waals surface area contributed by atoms with E-state index in [0.29, 0.717) is 0 Å². The minimum atomic E-state index is 0.762. The predicted octanol–water partition coefficient (Wildman–Crippen LogP) is 3.71. The van der Waals surface area contributed by atoms with Crippen LogP contribution in [-0.2, 0) is 6.54 Å². The average molecular weight is 315 g/mol. The first-order valence-corrected chi connectivity index (χ1v) is 6.90. The maximum Gasteiger partial charge on any atom is 0.0208 e. The molecule has 2 rings (SSSR count). The van der Waals surface area contributed by atoms with E-state index in [1.807, 2.05) is 0 Å². The fourth-order valence-electron chi connectivity index (χ4n) is 2.17. The van der Waals surface area contributed by atoms with Gasteiger partial charge in [0.05, 0.1) is 0 Å². The highest BCUT2D eigenvalue weighted by molar-refractivity contribution is 14.1. The van der Waals surface area contributed by atoms with E-state index in [1.54, 1.807) is 0 Å². The lowest BCUT2D eigenvalue weighted by molar-refractivity contribution is 0.372. The van der Waals surface area contributed by atoms with Gasteiger partial charge in [-0.1, -0.05) is 31.4 Å². The van der Waals surface area contributed by atoms with Gasteiger partial charge in [0, 0.05) is 16.2 Å². The topological polar surface area (TPSA) is 12.0 Å². The molecule has 0 spiro atoms. The van der Waals surface area contributed by atoms with E-state index in [2.05, 4.69) is 52.2 Å². The molecule has 1 nitrogen and oxygen atoms in total. The first kappa shape index (κ1) is 11.4. The van der Waals surface area contributed by atoms with Crippen LogP contribution in [-0.4, -0.2) is 6.04 Å². The molecule has 1 aliphatic carbocycles. The molecule has 0 aromatic heterocycles. The molecular formula is C13H18IN. The molecule has 0 radical (unpaired) electrons. The second-order valence-electron chi connectivity index (χ2n) is 4.34. The van der Waals surface area contributed by atoms with E-state index in [0.717, 1.165) is 12.6 Å². The third kappa shape index (κ3) is 3.76. The lowest BCUT2D eigenvalue weighted by Gasteiger charge is -2.22. The quantitative estimate of drug-likeness (QED) is 0.839. The molecule has 1 fully saturated rings. The molecule has 0 amide bonds. The molecule has 1 aliphatic rings. The fraction of sp³-hybridized carbons (Fsp3) is 0.538. The zero-order valence-corrected chi connectivity index (χ0v) is 11.2. The zero-order valence-electron chi connectivity index (χ0n) is 9.01. The van der Waals surface area contributed by atoms with Crippen molar-refractivity contribution in [3.63, 3.8) is 0 Å². The van der Waals surface area contributed by atoms with Gasteiger partial charge in [-0.3, -0.25) is 0 Å². The Hall–Kier alpha value is -0.0900. The predicted molar refractivity (Wildman–Crippen MR) is 72.9 cm³/mol. The molecule has 0 atom stereocenters. The molecule has 0 aliphatic heterocycles. The van der Waals surface area contributed by atoms with E-state index in [9.17, 15) is 0 Å². The molecule has 2 heteroatoms. The fourth-order valence-corrected chi connectivity index (χ4v) is 2.53. The summed E-state index contributed by atoms with van der Waals surface area (Å²) in [5.41, 5.74) is 1.40. The van der Waals surface area contributed by atoms with Gasteiger partial charge in [0.2, 0.25) is 0 Å². The smallest absolute Gasteiger partial charge is 0.0208 e. The monoisotopic (exact) mass is 315 g/mol. The van der Waals surface area contributed by atoms with E-state index >= 15 is 0 Å². The third-order valence-corrected chi connectivity index (χ3v) is 3.83. The summed E-state index contributed by atoms with van der Waals surface area (Å²) in [6.07, 6.45) is 6.98. The van der Waals surface area contributed by atoms with Crippen molar-refractivity contribution in [2.75, 3.05) is 0 Å². The average Bonchev–Trinajstić information content (AvgIpc) is 2.30. The van der Waals surface area contributed by atoms with Crippen molar-refractivity contribution in [3.8, 4) is 0 Å². The van der Waals surface area contributed by atoms with Crippen LogP contribution in [0.2, 0.25) is 0 Å². The molecule has 1 aromatic carbocycles. The Morgan fingerprint density at radius 3 is 2.40 bits per heavy atom. The highest BCUT2D eigenvalue weighted by Gasteiger charge is 2.11. The number of nitrogens with one attached hydrogen (secondary N) is 1. The molecule has 0 saturated heterocycles. The highest BCUT2D eigenvalue weighted by Crippen LogP contribution is 2.17. The number of hydrogen-bond donors (Lipinski definition) is 1. The van der Waals surface area contributed by atoms with Crippen LogP contribution in [0.4, 0.5) is 0 Å². The Bertz CT molecular complexity index is 288. The standard InChI is InChI=1S/C13H18IN/c14-12-8-6-11(7-9-12)10-15-13-4-2-1-3-5-13/h6-9,13,15H,1-5,10H2. The van der Waals surface area contributed by atoms with Crippen molar-refractivity contribution in [2.24, 2.45) is 0 Å². The van der Waals surface area contributed by atoms with Crippen molar-refractivity contribution in [2.45, 2.75) is 44.7 Å². The third-order valence-electron chi connectivity index (χ3n) is 3.11. The van der Waals surface area contributed by atoms with Gasteiger partial charge in [0.15, 0.2) is 0 Å². The second-order valence-corrected chi connectivity index (χ2v) is 5.59. The minimum Gasteiger partial charge on any atom is -0.310 e. The molecule has 0 heterocycles. The first-order chi connectivity index (χ1) is 7.34. The van der Waals surface area contributed by atoms with Gasteiger partial charge < -0.3 is 5.32 Å². The maximum atomic E-state index is 3.65. The van der Waals surface area contributed by atoms with Gasteiger partial charge in [0.1, 0.15) is 0 Å². The number of rotatable bonds is 3. The van der Waals surface area contributed by atoms with Gasteiger partial charge in [-0.05, 0) is 53.1 Å². The second kappa shape index (κ2) is 5.85. The van der Waals surface area contributed by atoms with E-state index in [-0.39, 0.29) is 0 Å². The van der Waals surface area contributed by atoms with Crippen molar-refractivity contribution in [3.05, 3.63) is 33.4 Å². The summed E-state index contributed by atoms with van der Waals surface area (Å²) >= 11 is 2.35. The molecule has 1 saturated carbocycles. The van der Waals surface area contributed by atoms with Crippen LogP contribution in [0.1, 0.15) is 37.7 Å². The van der Waals surface area contributed by atoms with Crippen molar-refractivity contribution in [1.82, 2.24) is 5.32 Å². The molecule has 82 valence electrons. The SMILES string of the molecule is Ic1ccc(CNC2CCCCC2)cc1. The Kier molecular flexibility index (Phi) is 4.44. The van der Waals surface area contributed by atoms with Crippen LogP contribution in [0.5, 0.6) is 0 Å². The van der Waals surface area contributed by atoms with E-state index in [4.69, 9.17) is 0 Å². The number of benzene rings is 1. The van der Waals surface area contributed by atoms with Gasteiger partial charge in [-0.2, -0.15) is 0 Å². The van der Waals surface area contributed by atoms with E-state index < -0.39 is 0 Å². The van der Waals surface area contributed by atoms with Crippen LogP contribution < -0.4 is 5.32 Å². The summed E-state index contributed by atoms with van der Waals surface area (Å²) in [7, 11) is 0. The number of halogens is 1. The summed E-state index contributed by atoms with van der Waals surface area (Å²) in [6, 6.07) is 9.56. The van der Waals surface area contributed by atoms with Crippen molar-refractivity contribution in [1.29, 1.82) is 0 Å². The van der Waals surface area contributed by atoms with Gasteiger partial charge in [-0.15, -0.1) is 0 Å². The van der Waals surface area contributed by atoms with E-state index in [1.165, 1.54) is 41.2 Å². The van der Waals surface area contributed by atoms with Gasteiger partial charge in [-0.25, -0.2) is 0 Å². The summed E-state index contributed by atoms with van der Waals surface area (Å²) < 4.78 is 1.31. The van der Waals surface area contributed by atoms with Gasteiger partial charge >= 0.3 is 0 Å². The maximum absolute atomic E-state index is 3.65. The van der Waals surface area contributed by atoms with Crippen LogP contribution >= 0.6 is 22.6 Å². The normalized spacial score (nSPS) is 17.9. The summed E-state index contributed by atoms with van der Waals surface area (Å²) in [6.45, 7) is 1.03. The Morgan fingerprint density at radius 2 is 1.73 bits per heavy atom. The summed E-state index contributed by atoms with van der Waals surface area (Å²) in [5.74, 6) is 0. The minimum absolute atomic E-state index is 0.762. The molecule has 1 aromatic rings. The highest BCUT2D eigenvalue weighted by atomic mass is 127. The van der Waals surface area contributed by atoms with Crippen LogP contribution in [0.15, 0.2) is 24.3 Å². The molecule has 1 N–H and O–H groups in total. The first-order valence-electron chi connectivity index (χ1n) is 5.82. The van der Waals surface area contributed by atoms with Crippen LogP contribution in [0.25, 0.3) is 0 Å². The number of hydrogen-bond acceptors (Lipinski definition) is 1. The van der Waals surface area contributed by atoms with Gasteiger partial charge in [0.25, 0.3) is 0 Å². The van der Waals surface area contributed by atoms with Crippen LogP contribution in [0, 0.1) is 3.57 Å². The molecule has 0 unspecified atom stereocenters. The lowest BCUT2D eigenvalue weighted by Crippen LogP contribution is -2.30. The van der Waals surface area contributed by atoms with Crippen LogP contribution in [0.3, 0.4) is 0 Å². The Labute approximate surface area is 106 Å².